The molecule has 4 heteroatoms. The lowest BCUT2D eigenvalue weighted by atomic mass is 10.1. The highest BCUT2D eigenvalue weighted by Gasteiger charge is 2.17. The van der Waals surface area contributed by atoms with Crippen LogP contribution in [0.15, 0.2) is 45.3 Å². The highest BCUT2D eigenvalue weighted by atomic mass is 79.9. The number of para-hydroxylation sites is 1. The minimum atomic E-state index is 0.202. The number of hydrogen-bond donors (Lipinski definition) is 1. The molecule has 0 bridgehead atoms. The first-order valence-electron chi connectivity index (χ1n) is 7.14. The van der Waals surface area contributed by atoms with E-state index in [4.69, 9.17) is 4.42 Å². The zero-order chi connectivity index (χ0) is 14.8. The van der Waals surface area contributed by atoms with Crippen LogP contribution in [0.25, 0.3) is 11.0 Å². The van der Waals surface area contributed by atoms with Gasteiger partial charge in [0.05, 0.1) is 10.5 Å². The van der Waals surface area contributed by atoms with Crippen LogP contribution >= 0.6 is 27.3 Å². The lowest BCUT2D eigenvalue weighted by Crippen LogP contribution is -2.17. The Kier molecular flexibility index (Phi) is 4.48. The molecule has 1 atom stereocenters. The molecular formula is C17H18BrNOS. The normalized spacial score (nSPS) is 12.9. The molecule has 2 heterocycles. The van der Waals surface area contributed by atoms with Crippen LogP contribution in [-0.2, 0) is 12.8 Å². The Bertz CT molecular complexity index is 746. The number of benzene rings is 1. The van der Waals surface area contributed by atoms with Gasteiger partial charge in [0.15, 0.2) is 0 Å². The van der Waals surface area contributed by atoms with Gasteiger partial charge in [0.2, 0.25) is 0 Å². The van der Waals surface area contributed by atoms with Gasteiger partial charge < -0.3 is 9.73 Å². The summed E-state index contributed by atoms with van der Waals surface area (Å²) in [6, 6.07) is 12.9. The topological polar surface area (TPSA) is 25.2 Å². The summed E-state index contributed by atoms with van der Waals surface area (Å²) in [4.78, 5) is 2.83. The number of nitrogens with one attached hydrogen (secondary N) is 1. The van der Waals surface area contributed by atoms with Crippen LogP contribution in [0, 0.1) is 0 Å². The molecule has 0 amide bonds. The number of hydrogen-bond acceptors (Lipinski definition) is 3. The third-order valence-electron chi connectivity index (χ3n) is 3.68. The Hall–Kier alpha value is -1.10. The molecule has 21 heavy (non-hydrogen) atoms. The number of halogens is 1. The number of fused-ring (bicyclic) bond motifs is 1. The molecule has 110 valence electrons. The molecule has 0 aliphatic heterocycles. The molecule has 2 nitrogen and oxygen atoms in total. The van der Waals surface area contributed by atoms with Gasteiger partial charge in [-0.3, -0.25) is 0 Å². The van der Waals surface area contributed by atoms with Crippen molar-refractivity contribution in [3.05, 3.63) is 56.4 Å². The van der Waals surface area contributed by atoms with Gasteiger partial charge >= 0.3 is 0 Å². The summed E-state index contributed by atoms with van der Waals surface area (Å²) in [5.74, 6) is 0.992. The van der Waals surface area contributed by atoms with Gasteiger partial charge in [-0.1, -0.05) is 19.1 Å². The summed E-state index contributed by atoms with van der Waals surface area (Å²) < 4.78 is 7.06. The van der Waals surface area contributed by atoms with Crippen molar-refractivity contribution in [1.29, 1.82) is 0 Å². The zero-order valence-corrected chi connectivity index (χ0v) is 14.6. The molecule has 1 aromatic carbocycles. The second kappa shape index (κ2) is 6.34. The van der Waals surface area contributed by atoms with Gasteiger partial charge in [0.25, 0.3) is 0 Å². The molecule has 3 aromatic rings. The predicted octanol–water partition coefficient (Wildman–Crippen LogP) is 5.32. The van der Waals surface area contributed by atoms with E-state index in [0.717, 1.165) is 34.0 Å². The molecule has 0 saturated carbocycles. The van der Waals surface area contributed by atoms with Crippen LogP contribution in [0.2, 0.25) is 0 Å². The first-order chi connectivity index (χ1) is 10.2. The van der Waals surface area contributed by atoms with Crippen molar-refractivity contribution < 1.29 is 4.42 Å². The van der Waals surface area contributed by atoms with Crippen LogP contribution in [0.5, 0.6) is 0 Å². The van der Waals surface area contributed by atoms with Crippen LogP contribution in [0.3, 0.4) is 0 Å². The standard InChI is InChI=1S/C17H18BrNOS/c1-3-12-7-8-13(21-12)10-15(19-2)16-9-11-5-4-6-14(18)17(11)20-16/h4-9,15,19H,3,10H2,1-2H3. The smallest absolute Gasteiger partial charge is 0.148 e. The molecule has 1 N–H and O–H groups in total. The molecule has 0 radical (unpaired) electrons. The van der Waals surface area contributed by atoms with Gasteiger partial charge in [-0.2, -0.15) is 0 Å². The third-order valence-corrected chi connectivity index (χ3v) is 5.55. The van der Waals surface area contributed by atoms with Crippen molar-refractivity contribution in [3.63, 3.8) is 0 Å². The van der Waals surface area contributed by atoms with E-state index in [1.165, 1.54) is 9.75 Å². The summed E-state index contributed by atoms with van der Waals surface area (Å²) in [6.07, 6.45) is 2.06. The second-order valence-corrected chi connectivity index (χ2v) is 7.18. The van der Waals surface area contributed by atoms with E-state index in [9.17, 15) is 0 Å². The fraction of sp³-hybridized carbons (Fsp3) is 0.294. The van der Waals surface area contributed by atoms with E-state index in [1.54, 1.807) is 0 Å². The zero-order valence-electron chi connectivity index (χ0n) is 12.2. The first kappa shape index (κ1) is 14.8. The Morgan fingerprint density at radius 1 is 1.24 bits per heavy atom. The minimum Gasteiger partial charge on any atom is -0.458 e. The average molecular weight is 364 g/mol. The van der Waals surface area contributed by atoms with E-state index in [-0.39, 0.29) is 6.04 Å². The molecule has 0 spiro atoms. The molecule has 2 aromatic heterocycles. The molecule has 0 fully saturated rings. The van der Waals surface area contributed by atoms with E-state index in [1.807, 2.05) is 30.5 Å². The average Bonchev–Trinajstić information content (AvgIpc) is 3.11. The molecule has 1 unspecified atom stereocenters. The Morgan fingerprint density at radius 2 is 2.05 bits per heavy atom. The Morgan fingerprint density at radius 3 is 2.71 bits per heavy atom. The monoisotopic (exact) mass is 363 g/mol. The van der Waals surface area contributed by atoms with Crippen LogP contribution in [-0.4, -0.2) is 7.05 Å². The Balaban J connectivity index is 1.88. The van der Waals surface area contributed by atoms with Crippen LogP contribution in [0.1, 0.15) is 28.5 Å². The number of thiophene rings is 1. The van der Waals surface area contributed by atoms with E-state index in [2.05, 4.69) is 52.4 Å². The molecule has 0 saturated heterocycles. The van der Waals surface area contributed by atoms with Crippen molar-refractivity contribution in [2.45, 2.75) is 25.8 Å². The van der Waals surface area contributed by atoms with E-state index < -0.39 is 0 Å². The SMILES string of the molecule is CCc1ccc(CC(NC)c2cc3cccc(Br)c3o2)s1. The summed E-state index contributed by atoms with van der Waals surface area (Å²) in [5, 5.41) is 4.51. The molecule has 0 aliphatic rings. The second-order valence-electron chi connectivity index (χ2n) is 5.07. The highest BCUT2D eigenvalue weighted by Crippen LogP contribution is 2.31. The molecule has 0 aliphatic carbocycles. The van der Waals surface area contributed by atoms with Crippen molar-refractivity contribution >= 4 is 38.2 Å². The third kappa shape index (κ3) is 3.07. The first-order valence-corrected chi connectivity index (χ1v) is 8.75. The minimum absolute atomic E-state index is 0.202. The lowest BCUT2D eigenvalue weighted by Gasteiger charge is -2.12. The van der Waals surface area contributed by atoms with Crippen molar-refractivity contribution in [1.82, 2.24) is 5.32 Å². The van der Waals surface area contributed by atoms with Crippen LogP contribution in [0.4, 0.5) is 0 Å². The van der Waals surface area contributed by atoms with Gasteiger partial charge in [0, 0.05) is 21.6 Å². The van der Waals surface area contributed by atoms with Gasteiger partial charge in [-0.25, -0.2) is 0 Å². The fourth-order valence-electron chi connectivity index (χ4n) is 2.49. The number of aryl methyl sites for hydroxylation is 1. The van der Waals surface area contributed by atoms with E-state index >= 15 is 0 Å². The van der Waals surface area contributed by atoms with Gasteiger partial charge in [0.1, 0.15) is 11.3 Å². The quantitative estimate of drug-likeness (QED) is 0.663. The van der Waals surface area contributed by atoms with Crippen LogP contribution < -0.4 is 5.32 Å². The summed E-state index contributed by atoms with van der Waals surface area (Å²) in [6.45, 7) is 2.20. The van der Waals surface area contributed by atoms with Gasteiger partial charge in [-0.15, -0.1) is 11.3 Å². The van der Waals surface area contributed by atoms with Crippen molar-refractivity contribution in [3.8, 4) is 0 Å². The Labute approximate surface area is 137 Å². The van der Waals surface area contributed by atoms with Crippen molar-refractivity contribution in [2.24, 2.45) is 0 Å². The fourth-order valence-corrected chi connectivity index (χ4v) is 3.95. The predicted molar refractivity (Wildman–Crippen MR) is 93.1 cm³/mol. The maximum absolute atomic E-state index is 6.05. The summed E-state index contributed by atoms with van der Waals surface area (Å²) in [7, 11) is 1.99. The highest BCUT2D eigenvalue weighted by molar-refractivity contribution is 9.10. The number of likely N-dealkylation sites (N-methyl/N-ethyl adjacent to an activating group) is 1. The van der Waals surface area contributed by atoms with Crippen molar-refractivity contribution in [2.75, 3.05) is 7.05 Å². The van der Waals surface area contributed by atoms with E-state index in [0.29, 0.717) is 0 Å². The summed E-state index contributed by atoms with van der Waals surface area (Å²) in [5.41, 5.74) is 0.924. The maximum atomic E-state index is 6.05. The number of rotatable bonds is 5. The molecule has 3 rings (SSSR count). The van der Waals surface area contributed by atoms with Gasteiger partial charge in [-0.05, 0) is 53.7 Å². The summed E-state index contributed by atoms with van der Waals surface area (Å²) >= 11 is 5.44. The lowest BCUT2D eigenvalue weighted by molar-refractivity contribution is 0.452. The molecular weight excluding hydrogens is 346 g/mol. The number of furan rings is 1. The largest absolute Gasteiger partial charge is 0.458 e. The maximum Gasteiger partial charge on any atom is 0.148 e.